The third-order valence-electron chi connectivity index (χ3n) is 8.08. The molecule has 2 aliphatic carbocycles. The minimum atomic E-state index is -0.0127. The highest BCUT2D eigenvalue weighted by Crippen LogP contribution is 2.72. The zero-order chi connectivity index (χ0) is 14.3. The summed E-state index contributed by atoms with van der Waals surface area (Å²) < 4.78 is 6.72. The number of hydrogen-bond donors (Lipinski definition) is 0. The molecule has 1 nitrogen and oxygen atoms in total. The quantitative estimate of drug-likeness (QED) is 0.595. The summed E-state index contributed by atoms with van der Waals surface area (Å²) >= 11 is 0. The van der Waals surface area contributed by atoms with Crippen LogP contribution in [0.15, 0.2) is 0 Å². The maximum absolute atomic E-state index is 6.72. The van der Waals surface area contributed by atoms with E-state index >= 15 is 0 Å². The highest BCUT2D eigenvalue weighted by atomic mass is 16.5. The van der Waals surface area contributed by atoms with Gasteiger partial charge in [0.05, 0.1) is 11.7 Å². The summed E-state index contributed by atoms with van der Waals surface area (Å²) in [5.74, 6) is 1.73. The van der Waals surface area contributed by atoms with Gasteiger partial charge in [-0.3, -0.25) is 0 Å². The van der Waals surface area contributed by atoms with Crippen molar-refractivity contribution in [3.63, 3.8) is 0 Å². The molecule has 0 bridgehead atoms. The molecule has 1 aliphatic heterocycles. The second kappa shape index (κ2) is 3.59. The van der Waals surface area contributed by atoms with Crippen LogP contribution in [-0.4, -0.2) is 11.7 Å². The Hall–Kier alpha value is -0.0400. The van der Waals surface area contributed by atoms with Gasteiger partial charge in [0.15, 0.2) is 0 Å². The average Bonchev–Trinajstić information content (AvgIpc) is 2.74. The van der Waals surface area contributed by atoms with E-state index in [9.17, 15) is 0 Å². The van der Waals surface area contributed by atoms with E-state index in [1.165, 1.54) is 25.7 Å². The van der Waals surface area contributed by atoms with Gasteiger partial charge < -0.3 is 4.74 Å². The van der Waals surface area contributed by atoms with Crippen LogP contribution in [-0.2, 0) is 4.74 Å². The fourth-order valence-corrected chi connectivity index (χ4v) is 5.90. The van der Waals surface area contributed by atoms with Gasteiger partial charge >= 0.3 is 0 Å². The average molecular weight is 264 g/mol. The Kier molecular flexibility index (Phi) is 2.63. The molecule has 0 spiro atoms. The number of fused-ring (bicyclic) bond motifs is 3. The molecule has 1 heteroatoms. The molecule has 2 saturated carbocycles. The molecule has 3 aliphatic rings. The van der Waals surface area contributed by atoms with Crippen molar-refractivity contribution in [1.29, 1.82) is 0 Å². The van der Waals surface area contributed by atoms with E-state index in [0.29, 0.717) is 11.5 Å². The van der Waals surface area contributed by atoms with Crippen molar-refractivity contribution >= 4 is 0 Å². The summed E-state index contributed by atoms with van der Waals surface area (Å²) in [6, 6.07) is 0. The lowest BCUT2D eigenvalue weighted by Gasteiger charge is -2.59. The highest BCUT2D eigenvalue weighted by Gasteiger charge is 2.71. The molecule has 3 fully saturated rings. The van der Waals surface area contributed by atoms with Crippen LogP contribution in [0.5, 0.6) is 0 Å². The standard InChI is InChI=1S/C18H32O/c1-15(2)11-12-9-8-10-13(12)14-18(15,7)16(3,4)17(5,6)19-14/h12-14H,8-11H2,1-7H3. The molecule has 0 aromatic carbocycles. The van der Waals surface area contributed by atoms with Crippen molar-refractivity contribution in [2.24, 2.45) is 28.1 Å². The first-order chi connectivity index (χ1) is 8.55. The van der Waals surface area contributed by atoms with E-state index in [4.69, 9.17) is 4.74 Å². The molecule has 0 radical (unpaired) electrons. The number of ether oxygens (including phenoxy) is 1. The van der Waals surface area contributed by atoms with Crippen LogP contribution in [0.1, 0.15) is 74.1 Å². The molecule has 4 unspecified atom stereocenters. The van der Waals surface area contributed by atoms with Crippen molar-refractivity contribution in [2.75, 3.05) is 0 Å². The van der Waals surface area contributed by atoms with Crippen molar-refractivity contribution in [3.05, 3.63) is 0 Å². The molecule has 1 saturated heterocycles. The van der Waals surface area contributed by atoms with Crippen molar-refractivity contribution in [2.45, 2.75) is 85.9 Å². The van der Waals surface area contributed by atoms with Gasteiger partial charge in [0.1, 0.15) is 0 Å². The van der Waals surface area contributed by atoms with Gasteiger partial charge in [-0.25, -0.2) is 0 Å². The lowest BCUT2D eigenvalue weighted by molar-refractivity contribution is -0.131. The lowest BCUT2D eigenvalue weighted by atomic mass is 9.43. The van der Waals surface area contributed by atoms with Crippen LogP contribution < -0.4 is 0 Å². The lowest BCUT2D eigenvalue weighted by Crippen LogP contribution is -2.58. The summed E-state index contributed by atoms with van der Waals surface area (Å²) in [6.07, 6.45) is 6.11. The first kappa shape index (κ1) is 13.9. The van der Waals surface area contributed by atoms with Crippen LogP contribution >= 0.6 is 0 Å². The topological polar surface area (TPSA) is 9.23 Å². The SMILES string of the molecule is CC1(C)CC2CCCC2C2OC(C)(C)C(C)(C)C21C. The Morgan fingerprint density at radius 1 is 0.895 bits per heavy atom. The predicted molar refractivity (Wildman–Crippen MR) is 80.1 cm³/mol. The third-order valence-corrected chi connectivity index (χ3v) is 8.08. The van der Waals surface area contributed by atoms with Gasteiger partial charge in [-0.05, 0) is 43.9 Å². The third kappa shape index (κ3) is 1.41. The monoisotopic (exact) mass is 264 g/mol. The number of rotatable bonds is 0. The van der Waals surface area contributed by atoms with Crippen LogP contribution in [0.4, 0.5) is 0 Å². The minimum absolute atomic E-state index is 0.0127. The Morgan fingerprint density at radius 2 is 1.53 bits per heavy atom. The maximum Gasteiger partial charge on any atom is 0.0687 e. The van der Waals surface area contributed by atoms with Crippen LogP contribution in [0, 0.1) is 28.1 Å². The summed E-state index contributed by atoms with van der Waals surface area (Å²) in [4.78, 5) is 0. The maximum atomic E-state index is 6.72. The molecule has 110 valence electrons. The van der Waals surface area contributed by atoms with E-state index < -0.39 is 0 Å². The van der Waals surface area contributed by atoms with Gasteiger partial charge in [-0.15, -0.1) is 0 Å². The Balaban J connectivity index is 2.13. The Labute approximate surface area is 119 Å². The minimum Gasteiger partial charge on any atom is -0.371 e. The molecule has 0 aromatic rings. The van der Waals surface area contributed by atoms with E-state index in [-0.39, 0.29) is 16.4 Å². The second-order valence-corrected chi connectivity index (χ2v) is 9.32. The van der Waals surface area contributed by atoms with Gasteiger partial charge in [0.2, 0.25) is 0 Å². The smallest absolute Gasteiger partial charge is 0.0687 e. The van der Waals surface area contributed by atoms with E-state index in [0.717, 1.165) is 11.8 Å². The summed E-state index contributed by atoms with van der Waals surface area (Å²) in [7, 11) is 0. The molecular weight excluding hydrogens is 232 g/mol. The van der Waals surface area contributed by atoms with Gasteiger partial charge in [-0.1, -0.05) is 47.5 Å². The largest absolute Gasteiger partial charge is 0.371 e. The second-order valence-electron chi connectivity index (χ2n) is 9.32. The molecule has 19 heavy (non-hydrogen) atoms. The zero-order valence-electron chi connectivity index (χ0n) is 14.0. The van der Waals surface area contributed by atoms with Crippen molar-refractivity contribution in [3.8, 4) is 0 Å². The zero-order valence-corrected chi connectivity index (χ0v) is 14.0. The van der Waals surface area contributed by atoms with Crippen molar-refractivity contribution < 1.29 is 4.74 Å². The number of hydrogen-bond acceptors (Lipinski definition) is 1. The normalized spacial score (nSPS) is 49.7. The van der Waals surface area contributed by atoms with E-state index in [1.807, 2.05) is 0 Å². The molecular formula is C18H32O. The van der Waals surface area contributed by atoms with Crippen LogP contribution in [0.25, 0.3) is 0 Å². The van der Waals surface area contributed by atoms with Gasteiger partial charge in [-0.2, -0.15) is 0 Å². The highest BCUT2D eigenvalue weighted by molar-refractivity contribution is 5.19. The van der Waals surface area contributed by atoms with Gasteiger partial charge in [0.25, 0.3) is 0 Å². The fraction of sp³-hybridized carbons (Fsp3) is 1.00. The fourth-order valence-electron chi connectivity index (χ4n) is 5.90. The summed E-state index contributed by atoms with van der Waals surface area (Å²) in [5, 5.41) is 0. The predicted octanol–water partition coefficient (Wildman–Crippen LogP) is 5.04. The molecule has 0 N–H and O–H groups in total. The first-order valence-electron chi connectivity index (χ1n) is 8.22. The Morgan fingerprint density at radius 3 is 2.16 bits per heavy atom. The molecule has 0 amide bonds. The van der Waals surface area contributed by atoms with Crippen molar-refractivity contribution in [1.82, 2.24) is 0 Å². The van der Waals surface area contributed by atoms with E-state index in [2.05, 4.69) is 48.5 Å². The Bertz CT molecular complexity index is 392. The molecule has 4 atom stereocenters. The van der Waals surface area contributed by atoms with E-state index in [1.54, 1.807) is 0 Å². The molecule has 3 rings (SSSR count). The molecule has 0 aromatic heterocycles. The summed E-state index contributed by atoms with van der Waals surface area (Å²) in [6.45, 7) is 17.1. The first-order valence-corrected chi connectivity index (χ1v) is 8.22. The van der Waals surface area contributed by atoms with Crippen LogP contribution in [0.3, 0.4) is 0 Å². The summed E-state index contributed by atoms with van der Waals surface area (Å²) in [5.41, 5.74) is 0.873. The molecule has 1 heterocycles. The van der Waals surface area contributed by atoms with Crippen LogP contribution in [0.2, 0.25) is 0 Å². The van der Waals surface area contributed by atoms with Gasteiger partial charge in [0, 0.05) is 10.8 Å².